The number of halogens is 1. The van der Waals surface area contributed by atoms with Crippen LogP contribution in [-0.2, 0) is 16.0 Å². The van der Waals surface area contributed by atoms with Gasteiger partial charge in [0.1, 0.15) is 5.75 Å². The van der Waals surface area contributed by atoms with Gasteiger partial charge < -0.3 is 14.7 Å². The van der Waals surface area contributed by atoms with Crippen LogP contribution in [0.15, 0.2) is 54.0 Å². The molecule has 2 aliphatic rings. The number of rotatable bonds is 6. The molecule has 6 nitrogen and oxygen atoms in total. The van der Waals surface area contributed by atoms with E-state index in [2.05, 4.69) is 17.1 Å². The molecule has 1 saturated carbocycles. The largest absolute Gasteiger partial charge is 0.482 e. The molecule has 3 unspecified atom stereocenters. The molecule has 1 amide bonds. The standard InChI is InChI=1S/C24H21ClN2O4S/c25-15-6-7-20(31-12-21(28)29)18(10-15)22-23-19(26-13-32-23)8-9-27(22)24(30)17-11-16(17)14-4-2-1-3-5-14/h1-7,10,13,16-17,22H,8-9,11-12H2,(H,28,29). The lowest BCUT2D eigenvalue weighted by molar-refractivity contribution is -0.139. The lowest BCUT2D eigenvalue weighted by Gasteiger charge is -2.36. The molecule has 1 fully saturated rings. The summed E-state index contributed by atoms with van der Waals surface area (Å²) in [5.41, 5.74) is 4.63. The van der Waals surface area contributed by atoms with Gasteiger partial charge >= 0.3 is 5.97 Å². The van der Waals surface area contributed by atoms with E-state index < -0.39 is 18.6 Å². The fourth-order valence-corrected chi connectivity index (χ4v) is 5.63. The summed E-state index contributed by atoms with van der Waals surface area (Å²) in [4.78, 5) is 32.1. The highest BCUT2D eigenvalue weighted by molar-refractivity contribution is 7.09. The van der Waals surface area contributed by atoms with Crippen molar-refractivity contribution in [1.82, 2.24) is 9.88 Å². The molecule has 1 aliphatic carbocycles. The van der Waals surface area contributed by atoms with Crippen LogP contribution in [0, 0.1) is 5.92 Å². The van der Waals surface area contributed by atoms with Crippen LogP contribution < -0.4 is 4.74 Å². The minimum atomic E-state index is -1.07. The Morgan fingerprint density at radius 1 is 1.22 bits per heavy atom. The molecule has 3 aromatic rings. The lowest BCUT2D eigenvalue weighted by Crippen LogP contribution is -2.41. The summed E-state index contributed by atoms with van der Waals surface area (Å²) in [6, 6.07) is 14.8. The first kappa shape index (κ1) is 21.0. The molecular weight excluding hydrogens is 448 g/mol. The van der Waals surface area contributed by atoms with Gasteiger partial charge in [-0.1, -0.05) is 41.9 Å². The van der Waals surface area contributed by atoms with Crippen LogP contribution in [-0.4, -0.2) is 40.0 Å². The average molecular weight is 469 g/mol. The number of aromatic nitrogens is 1. The van der Waals surface area contributed by atoms with Gasteiger partial charge in [-0.25, -0.2) is 9.78 Å². The topological polar surface area (TPSA) is 79.7 Å². The van der Waals surface area contributed by atoms with Crippen molar-refractivity contribution in [2.45, 2.75) is 24.8 Å². The summed E-state index contributed by atoms with van der Waals surface area (Å²) in [5.74, 6) is -0.376. The molecule has 5 rings (SSSR count). The third kappa shape index (κ3) is 3.98. The number of carboxylic acids is 1. The highest BCUT2D eigenvalue weighted by Crippen LogP contribution is 2.51. The molecular formula is C24H21ClN2O4S. The summed E-state index contributed by atoms with van der Waals surface area (Å²) in [7, 11) is 0. The van der Waals surface area contributed by atoms with Gasteiger partial charge in [0.2, 0.25) is 5.91 Å². The summed E-state index contributed by atoms with van der Waals surface area (Å²) >= 11 is 7.82. The lowest BCUT2D eigenvalue weighted by atomic mass is 9.95. The zero-order chi connectivity index (χ0) is 22.2. The summed E-state index contributed by atoms with van der Waals surface area (Å²) in [6.45, 7) is 0.0761. The van der Waals surface area contributed by atoms with E-state index in [0.717, 1.165) is 17.0 Å². The van der Waals surface area contributed by atoms with E-state index in [-0.39, 0.29) is 17.7 Å². The Kier molecular flexibility index (Phi) is 5.61. The molecule has 1 aliphatic heterocycles. The highest BCUT2D eigenvalue weighted by Gasteiger charge is 2.48. The van der Waals surface area contributed by atoms with Crippen LogP contribution in [0.4, 0.5) is 0 Å². The number of nitrogens with zero attached hydrogens (tertiary/aromatic N) is 2. The van der Waals surface area contributed by atoms with Gasteiger partial charge in [-0.3, -0.25) is 4.79 Å². The molecule has 3 atom stereocenters. The fourth-order valence-electron chi connectivity index (χ4n) is 4.49. The van der Waals surface area contributed by atoms with Crippen molar-refractivity contribution in [1.29, 1.82) is 0 Å². The predicted octanol–water partition coefficient (Wildman–Crippen LogP) is 4.54. The Morgan fingerprint density at radius 2 is 2.03 bits per heavy atom. The summed E-state index contributed by atoms with van der Waals surface area (Å²) in [5, 5.41) is 9.59. The van der Waals surface area contributed by atoms with Crippen LogP contribution in [0.3, 0.4) is 0 Å². The number of carbonyl (C=O) groups is 2. The molecule has 32 heavy (non-hydrogen) atoms. The smallest absolute Gasteiger partial charge is 0.341 e. The van der Waals surface area contributed by atoms with Gasteiger partial charge in [-0.2, -0.15) is 0 Å². The van der Waals surface area contributed by atoms with Gasteiger partial charge in [0.25, 0.3) is 0 Å². The number of carboxylic acid groups (broad SMARTS) is 1. The van der Waals surface area contributed by atoms with Gasteiger partial charge in [0.15, 0.2) is 6.61 Å². The van der Waals surface area contributed by atoms with Crippen molar-refractivity contribution in [2.24, 2.45) is 5.92 Å². The first-order chi connectivity index (χ1) is 15.5. The molecule has 2 aromatic carbocycles. The van der Waals surface area contributed by atoms with Crippen LogP contribution in [0.5, 0.6) is 5.75 Å². The Bertz CT molecular complexity index is 1170. The van der Waals surface area contributed by atoms with E-state index in [1.165, 1.54) is 16.9 Å². The maximum atomic E-state index is 13.7. The van der Waals surface area contributed by atoms with Crippen LogP contribution >= 0.6 is 22.9 Å². The first-order valence-electron chi connectivity index (χ1n) is 10.4. The monoisotopic (exact) mass is 468 g/mol. The molecule has 8 heteroatoms. The number of hydrogen-bond acceptors (Lipinski definition) is 5. The van der Waals surface area contributed by atoms with Crippen molar-refractivity contribution >= 4 is 34.8 Å². The van der Waals surface area contributed by atoms with E-state index >= 15 is 0 Å². The van der Waals surface area contributed by atoms with E-state index in [1.54, 1.807) is 23.7 Å². The van der Waals surface area contributed by atoms with E-state index in [1.807, 2.05) is 23.1 Å². The van der Waals surface area contributed by atoms with Crippen molar-refractivity contribution in [3.63, 3.8) is 0 Å². The normalized spacial score (nSPS) is 21.7. The minimum absolute atomic E-state index is 0.0584. The van der Waals surface area contributed by atoms with Gasteiger partial charge in [0, 0.05) is 29.5 Å². The molecule has 0 saturated heterocycles. The zero-order valence-corrected chi connectivity index (χ0v) is 18.7. The predicted molar refractivity (Wildman–Crippen MR) is 121 cm³/mol. The molecule has 2 heterocycles. The molecule has 0 bridgehead atoms. The molecule has 0 spiro atoms. The Hall–Kier alpha value is -2.90. The minimum Gasteiger partial charge on any atom is -0.482 e. The van der Waals surface area contributed by atoms with E-state index in [0.29, 0.717) is 29.3 Å². The Morgan fingerprint density at radius 3 is 2.81 bits per heavy atom. The van der Waals surface area contributed by atoms with Crippen molar-refractivity contribution in [2.75, 3.05) is 13.2 Å². The maximum absolute atomic E-state index is 13.7. The zero-order valence-electron chi connectivity index (χ0n) is 17.1. The summed E-state index contributed by atoms with van der Waals surface area (Å²) in [6.07, 6.45) is 1.52. The number of aliphatic carboxylic acids is 1. The maximum Gasteiger partial charge on any atom is 0.341 e. The summed E-state index contributed by atoms with van der Waals surface area (Å²) < 4.78 is 5.58. The van der Waals surface area contributed by atoms with Crippen LogP contribution in [0.25, 0.3) is 0 Å². The molecule has 1 aromatic heterocycles. The second-order valence-corrected chi connectivity index (χ2v) is 9.39. The number of fused-ring (bicyclic) bond motifs is 1. The third-order valence-corrected chi connectivity index (χ3v) is 7.22. The average Bonchev–Trinajstić information content (AvgIpc) is 3.46. The van der Waals surface area contributed by atoms with Crippen molar-refractivity contribution in [3.8, 4) is 5.75 Å². The highest BCUT2D eigenvalue weighted by atomic mass is 35.5. The van der Waals surface area contributed by atoms with E-state index in [4.69, 9.17) is 21.4 Å². The Balaban J connectivity index is 1.50. The number of amides is 1. The van der Waals surface area contributed by atoms with Crippen molar-refractivity contribution < 1.29 is 19.4 Å². The van der Waals surface area contributed by atoms with E-state index in [9.17, 15) is 9.59 Å². The quantitative estimate of drug-likeness (QED) is 0.574. The Labute approximate surface area is 194 Å². The number of ether oxygens (including phenoxy) is 1. The number of thiazole rings is 1. The van der Waals surface area contributed by atoms with Crippen LogP contribution in [0.1, 0.15) is 40.1 Å². The fraction of sp³-hybridized carbons (Fsp3) is 0.292. The molecule has 1 N–H and O–H groups in total. The number of benzene rings is 2. The third-order valence-electron chi connectivity index (χ3n) is 6.06. The van der Waals surface area contributed by atoms with Crippen molar-refractivity contribution in [3.05, 3.63) is 80.8 Å². The molecule has 164 valence electrons. The van der Waals surface area contributed by atoms with Gasteiger partial charge in [-0.05, 0) is 36.1 Å². The van der Waals surface area contributed by atoms with Gasteiger partial charge in [-0.15, -0.1) is 11.3 Å². The van der Waals surface area contributed by atoms with Crippen LogP contribution in [0.2, 0.25) is 5.02 Å². The number of carbonyl (C=O) groups excluding carboxylic acids is 1. The second-order valence-electron chi connectivity index (χ2n) is 8.07. The van der Waals surface area contributed by atoms with Gasteiger partial charge in [0.05, 0.1) is 22.1 Å². The first-order valence-corrected chi connectivity index (χ1v) is 11.7. The molecule has 0 radical (unpaired) electrons. The SMILES string of the molecule is O=C(O)COc1ccc(Cl)cc1C1c2scnc2CCN1C(=O)C1CC1c1ccccc1. The second kappa shape index (κ2) is 8.56. The number of hydrogen-bond donors (Lipinski definition) is 1.